The topological polar surface area (TPSA) is 17.1 Å². The summed E-state index contributed by atoms with van der Waals surface area (Å²) in [7, 11) is 0. The fourth-order valence-corrected chi connectivity index (χ4v) is 2.76. The van der Waals surface area contributed by atoms with Crippen LogP contribution in [0.25, 0.3) is 10.1 Å². The minimum Gasteiger partial charge on any atom is -0.293 e. The Morgan fingerprint density at radius 3 is 2.75 bits per heavy atom. The lowest BCUT2D eigenvalue weighted by molar-refractivity contribution is 0.0972. The van der Waals surface area contributed by atoms with Crippen LogP contribution in [0.2, 0.25) is 0 Å². The van der Waals surface area contributed by atoms with Gasteiger partial charge in [0, 0.05) is 11.1 Å². The van der Waals surface area contributed by atoms with Gasteiger partial charge in [0.2, 0.25) is 0 Å². The molecule has 0 aliphatic heterocycles. The second kappa shape index (κ2) is 4.38. The third kappa shape index (κ3) is 2.33. The maximum atomic E-state index is 11.9. The molecule has 1 aromatic heterocycles. The predicted octanol–water partition coefficient (Wildman–Crippen LogP) is 4.44. The molecule has 0 unspecified atom stereocenters. The number of rotatable bonds is 3. The smallest absolute Gasteiger partial charge is 0.173 e. The molecule has 0 N–H and O–H groups in total. The van der Waals surface area contributed by atoms with Crippen LogP contribution in [0.15, 0.2) is 24.3 Å². The number of aryl methyl sites for hydroxylation is 1. The van der Waals surface area contributed by atoms with Crippen molar-refractivity contribution in [3.05, 3.63) is 34.7 Å². The van der Waals surface area contributed by atoms with Crippen molar-refractivity contribution in [1.29, 1.82) is 0 Å². The second-order valence-electron chi connectivity index (χ2n) is 4.67. The van der Waals surface area contributed by atoms with Crippen LogP contribution in [-0.4, -0.2) is 5.78 Å². The van der Waals surface area contributed by atoms with Gasteiger partial charge in [-0.05, 0) is 30.4 Å². The largest absolute Gasteiger partial charge is 0.293 e. The number of carbonyl (C=O) groups excluding carboxylic acids is 1. The van der Waals surface area contributed by atoms with Crippen molar-refractivity contribution in [2.75, 3.05) is 0 Å². The first kappa shape index (κ1) is 11.3. The van der Waals surface area contributed by atoms with E-state index in [0.717, 1.165) is 4.88 Å². The summed E-state index contributed by atoms with van der Waals surface area (Å²) in [6.45, 7) is 6.23. The van der Waals surface area contributed by atoms with Crippen LogP contribution in [0.4, 0.5) is 0 Å². The number of fused-ring (bicyclic) bond motifs is 1. The molecule has 0 bridgehead atoms. The summed E-state index contributed by atoms with van der Waals surface area (Å²) in [4.78, 5) is 12.8. The fourth-order valence-electron chi connectivity index (χ4n) is 1.77. The minimum atomic E-state index is 0.272. The van der Waals surface area contributed by atoms with Crippen LogP contribution in [0.5, 0.6) is 0 Å². The van der Waals surface area contributed by atoms with Crippen LogP contribution < -0.4 is 0 Å². The van der Waals surface area contributed by atoms with Crippen molar-refractivity contribution >= 4 is 27.2 Å². The van der Waals surface area contributed by atoms with Gasteiger partial charge < -0.3 is 0 Å². The lowest BCUT2D eigenvalue weighted by Gasteiger charge is -2.00. The first-order chi connectivity index (χ1) is 7.56. The van der Waals surface area contributed by atoms with Crippen molar-refractivity contribution < 1.29 is 4.79 Å². The van der Waals surface area contributed by atoms with Crippen LogP contribution >= 0.6 is 11.3 Å². The normalized spacial score (nSPS) is 11.2. The van der Waals surface area contributed by atoms with Crippen molar-refractivity contribution in [3.63, 3.8) is 0 Å². The molecule has 1 heterocycles. The van der Waals surface area contributed by atoms with E-state index in [2.05, 4.69) is 39.0 Å². The summed E-state index contributed by atoms with van der Waals surface area (Å²) < 4.78 is 1.21. The van der Waals surface area contributed by atoms with Gasteiger partial charge in [0.1, 0.15) is 0 Å². The van der Waals surface area contributed by atoms with Gasteiger partial charge in [-0.2, -0.15) is 0 Å². The molecule has 0 radical (unpaired) electrons. The average Bonchev–Trinajstić information content (AvgIpc) is 2.59. The van der Waals surface area contributed by atoms with E-state index in [9.17, 15) is 4.79 Å². The maximum absolute atomic E-state index is 11.9. The summed E-state index contributed by atoms with van der Waals surface area (Å²) in [6, 6.07) is 8.35. The molecule has 2 rings (SSSR count). The maximum Gasteiger partial charge on any atom is 0.173 e. The first-order valence-corrected chi connectivity index (χ1v) is 6.41. The molecule has 0 saturated carbocycles. The Bertz CT molecular complexity index is 523. The van der Waals surface area contributed by atoms with E-state index in [-0.39, 0.29) is 5.78 Å². The molecule has 0 saturated heterocycles. The number of benzene rings is 1. The Kier molecular flexibility index (Phi) is 3.10. The van der Waals surface area contributed by atoms with Gasteiger partial charge in [-0.25, -0.2) is 0 Å². The first-order valence-electron chi connectivity index (χ1n) is 5.59. The highest BCUT2D eigenvalue weighted by Crippen LogP contribution is 2.27. The third-order valence-corrected chi connectivity index (χ3v) is 3.70. The Morgan fingerprint density at radius 2 is 2.06 bits per heavy atom. The number of Topliss-reactive ketones (excluding diaryl/α,β-unsaturated/α-hetero) is 1. The van der Waals surface area contributed by atoms with Gasteiger partial charge in [0.25, 0.3) is 0 Å². The Labute approximate surface area is 100 Å². The van der Waals surface area contributed by atoms with Crippen LogP contribution in [0.1, 0.15) is 35.5 Å². The van der Waals surface area contributed by atoms with Gasteiger partial charge >= 0.3 is 0 Å². The summed E-state index contributed by atoms with van der Waals surface area (Å²) >= 11 is 1.61. The third-order valence-electron chi connectivity index (χ3n) is 2.54. The van der Waals surface area contributed by atoms with E-state index in [0.29, 0.717) is 12.3 Å². The highest BCUT2D eigenvalue weighted by molar-refractivity contribution is 7.20. The standard InChI is InChI=1S/C14H16OS/c1-9(2)6-12(15)14-8-11-7-10(3)4-5-13(11)16-14/h4-5,7-9H,6H2,1-3H3. The number of hydrogen-bond donors (Lipinski definition) is 0. The van der Waals surface area contributed by atoms with E-state index in [1.165, 1.54) is 15.6 Å². The number of thiophene rings is 1. The number of carbonyl (C=O) groups is 1. The van der Waals surface area contributed by atoms with Crippen LogP contribution in [0.3, 0.4) is 0 Å². The van der Waals surface area contributed by atoms with E-state index in [1.807, 2.05) is 6.07 Å². The number of ketones is 1. The molecule has 16 heavy (non-hydrogen) atoms. The Balaban J connectivity index is 2.36. The lowest BCUT2D eigenvalue weighted by atomic mass is 10.1. The highest BCUT2D eigenvalue weighted by Gasteiger charge is 2.11. The van der Waals surface area contributed by atoms with Gasteiger partial charge in [-0.3, -0.25) is 4.79 Å². The molecular weight excluding hydrogens is 216 g/mol. The molecule has 2 heteroatoms. The Morgan fingerprint density at radius 1 is 1.31 bits per heavy atom. The van der Waals surface area contributed by atoms with Crippen LogP contribution in [0, 0.1) is 12.8 Å². The molecule has 2 aromatic rings. The predicted molar refractivity (Wildman–Crippen MR) is 70.3 cm³/mol. The molecular formula is C14H16OS. The quantitative estimate of drug-likeness (QED) is 0.715. The highest BCUT2D eigenvalue weighted by atomic mass is 32.1. The van der Waals surface area contributed by atoms with E-state index < -0.39 is 0 Å². The van der Waals surface area contributed by atoms with Crippen LogP contribution in [-0.2, 0) is 0 Å². The summed E-state index contributed by atoms with van der Waals surface area (Å²) in [5.41, 5.74) is 1.24. The molecule has 0 spiro atoms. The SMILES string of the molecule is Cc1ccc2sc(C(=O)CC(C)C)cc2c1. The molecule has 0 fully saturated rings. The van der Waals surface area contributed by atoms with Gasteiger partial charge in [0.05, 0.1) is 4.88 Å². The minimum absolute atomic E-state index is 0.272. The summed E-state index contributed by atoms with van der Waals surface area (Å²) in [5, 5.41) is 1.19. The van der Waals surface area contributed by atoms with Gasteiger partial charge in [0.15, 0.2) is 5.78 Å². The van der Waals surface area contributed by atoms with Gasteiger partial charge in [-0.15, -0.1) is 11.3 Å². The molecule has 0 amide bonds. The van der Waals surface area contributed by atoms with Crippen molar-refractivity contribution in [2.45, 2.75) is 27.2 Å². The summed E-state index contributed by atoms with van der Waals surface area (Å²) in [5.74, 6) is 0.702. The molecule has 0 aliphatic carbocycles. The van der Waals surface area contributed by atoms with Crippen molar-refractivity contribution in [1.82, 2.24) is 0 Å². The van der Waals surface area contributed by atoms with Crippen molar-refractivity contribution in [2.24, 2.45) is 5.92 Å². The molecule has 1 nitrogen and oxygen atoms in total. The molecule has 0 aliphatic rings. The summed E-state index contributed by atoms with van der Waals surface area (Å²) in [6.07, 6.45) is 0.645. The number of hydrogen-bond acceptors (Lipinski definition) is 2. The van der Waals surface area contributed by atoms with Gasteiger partial charge in [-0.1, -0.05) is 31.5 Å². The molecule has 84 valence electrons. The van der Waals surface area contributed by atoms with E-state index >= 15 is 0 Å². The average molecular weight is 232 g/mol. The zero-order valence-electron chi connectivity index (χ0n) is 9.91. The zero-order chi connectivity index (χ0) is 11.7. The second-order valence-corrected chi connectivity index (χ2v) is 5.76. The van der Waals surface area contributed by atoms with E-state index in [4.69, 9.17) is 0 Å². The molecule has 0 atom stereocenters. The van der Waals surface area contributed by atoms with Crippen molar-refractivity contribution in [3.8, 4) is 0 Å². The molecule has 1 aromatic carbocycles. The lowest BCUT2D eigenvalue weighted by Crippen LogP contribution is -2.00. The fraction of sp³-hybridized carbons (Fsp3) is 0.357. The zero-order valence-corrected chi connectivity index (χ0v) is 10.7. The van der Waals surface area contributed by atoms with E-state index in [1.54, 1.807) is 11.3 Å². The monoisotopic (exact) mass is 232 g/mol. The Hall–Kier alpha value is -1.15.